The Morgan fingerprint density at radius 2 is 2.06 bits per heavy atom. The molecule has 1 unspecified atom stereocenters. The molecule has 0 radical (unpaired) electrons. The third-order valence-corrected chi connectivity index (χ3v) is 3.28. The fourth-order valence-electron chi connectivity index (χ4n) is 2.00. The summed E-state index contributed by atoms with van der Waals surface area (Å²) in [5.41, 5.74) is 1.09. The topological polar surface area (TPSA) is 54.4 Å². The molecule has 0 saturated carbocycles. The second-order valence-electron chi connectivity index (χ2n) is 4.48. The molecule has 18 heavy (non-hydrogen) atoms. The lowest BCUT2D eigenvalue weighted by Crippen LogP contribution is -2.32. The summed E-state index contributed by atoms with van der Waals surface area (Å²) in [7, 11) is 1.60. The van der Waals surface area contributed by atoms with E-state index in [4.69, 9.17) is 4.74 Å². The van der Waals surface area contributed by atoms with Crippen LogP contribution in [0.15, 0.2) is 18.3 Å². The lowest BCUT2D eigenvalue weighted by Gasteiger charge is -2.20. The maximum Gasteiger partial charge on any atom is 0.212 e. The Kier molecular flexibility index (Phi) is 6.68. The van der Waals surface area contributed by atoms with Crippen LogP contribution in [0.25, 0.3) is 0 Å². The van der Waals surface area contributed by atoms with Crippen LogP contribution in [0.5, 0.6) is 5.88 Å². The predicted molar refractivity (Wildman–Crippen MR) is 72.6 cm³/mol. The highest BCUT2D eigenvalue weighted by Crippen LogP contribution is 2.12. The Bertz CT molecular complexity index is 323. The van der Waals surface area contributed by atoms with Crippen molar-refractivity contribution in [3.63, 3.8) is 0 Å². The second-order valence-corrected chi connectivity index (χ2v) is 4.48. The number of aliphatic hydroxyl groups is 1. The number of ether oxygens (including phenoxy) is 1. The molecule has 0 aromatic carbocycles. The number of aromatic nitrogens is 1. The minimum atomic E-state index is -0.272. The monoisotopic (exact) mass is 252 g/mol. The van der Waals surface area contributed by atoms with E-state index in [-0.39, 0.29) is 6.10 Å². The zero-order valence-corrected chi connectivity index (χ0v) is 11.5. The van der Waals surface area contributed by atoms with Crippen LogP contribution in [0.1, 0.15) is 32.3 Å². The minimum Gasteiger partial charge on any atom is -0.481 e. The normalized spacial score (nSPS) is 12.7. The average molecular weight is 252 g/mol. The van der Waals surface area contributed by atoms with Crippen molar-refractivity contribution in [1.29, 1.82) is 0 Å². The molecule has 0 aliphatic rings. The third-order valence-electron chi connectivity index (χ3n) is 3.28. The molecule has 1 aromatic rings. The van der Waals surface area contributed by atoms with Crippen LogP contribution < -0.4 is 10.1 Å². The predicted octanol–water partition coefficient (Wildman–Crippen LogP) is 1.98. The van der Waals surface area contributed by atoms with Crippen molar-refractivity contribution >= 4 is 0 Å². The summed E-state index contributed by atoms with van der Waals surface area (Å²) in [5.74, 6) is 1.00. The lowest BCUT2D eigenvalue weighted by atomic mass is 9.96. The first-order valence-electron chi connectivity index (χ1n) is 6.58. The molecule has 0 aliphatic heterocycles. The van der Waals surface area contributed by atoms with Crippen LogP contribution in [0.3, 0.4) is 0 Å². The second kappa shape index (κ2) is 8.06. The molecule has 1 aromatic heterocycles. The number of hydrogen-bond donors (Lipinski definition) is 2. The maximum atomic E-state index is 9.97. The highest BCUT2D eigenvalue weighted by molar-refractivity contribution is 5.17. The van der Waals surface area contributed by atoms with Crippen molar-refractivity contribution in [1.82, 2.24) is 10.3 Å². The van der Waals surface area contributed by atoms with Gasteiger partial charge in [0.2, 0.25) is 5.88 Å². The molecule has 0 spiro atoms. The molecule has 0 amide bonds. The first-order valence-corrected chi connectivity index (χ1v) is 6.58. The van der Waals surface area contributed by atoms with Gasteiger partial charge in [-0.1, -0.05) is 32.8 Å². The van der Waals surface area contributed by atoms with Crippen molar-refractivity contribution in [3.05, 3.63) is 23.9 Å². The van der Waals surface area contributed by atoms with Crippen molar-refractivity contribution in [3.8, 4) is 5.88 Å². The van der Waals surface area contributed by atoms with Gasteiger partial charge in [-0.25, -0.2) is 4.98 Å². The van der Waals surface area contributed by atoms with Crippen molar-refractivity contribution in [2.75, 3.05) is 13.7 Å². The summed E-state index contributed by atoms with van der Waals surface area (Å²) in [5, 5.41) is 13.2. The molecule has 1 heterocycles. The van der Waals surface area contributed by atoms with Crippen LogP contribution in [0.2, 0.25) is 0 Å². The van der Waals surface area contributed by atoms with E-state index in [0.717, 1.165) is 18.4 Å². The van der Waals surface area contributed by atoms with E-state index in [1.54, 1.807) is 13.3 Å². The van der Waals surface area contributed by atoms with Gasteiger partial charge in [-0.05, 0) is 11.5 Å². The Morgan fingerprint density at radius 3 is 2.56 bits per heavy atom. The molecule has 1 atom stereocenters. The zero-order valence-electron chi connectivity index (χ0n) is 11.5. The number of nitrogens with one attached hydrogen (secondary N) is 1. The molecule has 0 bridgehead atoms. The van der Waals surface area contributed by atoms with Gasteiger partial charge < -0.3 is 15.2 Å². The van der Waals surface area contributed by atoms with Crippen LogP contribution in [0.4, 0.5) is 0 Å². The van der Waals surface area contributed by atoms with Crippen LogP contribution >= 0.6 is 0 Å². The summed E-state index contributed by atoms with van der Waals surface area (Å²) < 4.78 is 5.00. The molecule has 0 fully saturated rings. The number of rotatable bonds is 8. The molecule has 2 N–H and O–H groups in total. The third kappa shape index (κ3) is 4.63. The van der Waals surface area contributed by atoms with E-state index < -0.39 is 0 Å². The van der Waals surface area contributed by atoms with Gasteiger partial charge >= 0.3 is 0 Å². The van der Waals surface area contributed by atoms with Crippen LogP contribution in [-0.2, 0) is 6.54 Å². The first kappa shape index (κ1) is 14.9. The van der Waals surface area contributed by atoms with Crippen molar-refractivity contribution < 1.29 is 9.84 Å². The molecule has 102 valence electrons. The number of methoxy groups -OCH3 is 1. The smallest absolute Gasteiger partial charge is 0.212 e. The van der Waals surface area contributed by atoms with Gasteiger partial charge in [0, 0.05) is 25.4 Å². The fourth-order valence-corrected chi connectivity index (χ4v) is 2.00. The van der Waals surface area contributed by atoms with Crippen LogP contribution in [-0.4, -0.2) is 29.8 Å². The van der Waals surface area contributed by atoms with E-state index >= 15 is 0 Å². The van der Waals surface area contributed by atoms with E-state index in [1.165, 1.54) is 0 Å². The van der Waals surface area contributed by atoms with Crippen molar-refractivity contribution in [2.24, 2.45) is 5.92 Å². The summed E-state index contributed by atoms with van der Waals surface area (Å²) in [6.45, 7) is 5.57. The molecule has 1 rings (SSSR count). The van der Waals surface area contributed by atoms with E-state index in [0.29, 0.717) is 24.9 Å². The quantitative estimate of drug-likeness (QED) is 0.743. The summed E-state index contributed by atoms with van der Waals surface area (Å²) >= 11 is 0. The van der Waals surface area contributed by atoms with E-state index in [1.807, 2.05) is 12.1 Å². The molecule has 0 saturated heterocycles. The van der Waals surface area contributed by atoms with E-state index in [2.05, 4.69) is 24.1 Å². The van der Waals surface area contributed by atoms with Gasteiger partial charge in [0.15, 0.2) is 0 Å². The number of hydrogen-bond acceptors (Lipinski definition) is 4. The molecule has 4 nitrogen and oxygen atoms in total. The summed E-state index contributed by atoms with van der Waals surface area (Å²) in [4.78, 5) is 4.14. The van der Waals surface area contributed by atoms with Gasteiger partial charge in [-0.15, -0.1) is 0 Å². The Labute approximate surface area is 109 Å². The number of pyridine rings is 1. The largest absolute Gasteiger partial charge is 0.481 e. The van der Waals surface area contributed by atoms with E-state index in [9.17, 15) is 5.11 Å². The molecular weight excluding hydrogens is 228 g/mol. The highest BCUT2D eigenvalue weighted by atomic mass is 16.5. The van der Waals surface area contributed by atoms with Gasteiger partial charge in [0.05, 0.1) is 13.2 Å². The fraction of sp³-hybridized carbons (Fsp3) is 0.643. The Hall–Kier alpha value is -1.13. The SMILES string of the molecule is CCC(CC)C(O)CNCc1ccc(OC)nc1. The Morgan fingerprint density at radius 1 is 1.33 bits per heavy atom. The van der Waals surface area contributed by atoms with Crippen LogP contribution in [0, 0.1) is 5.92 Å². The van der Waals surface area contributed by atoms with Gasteiger partial charge in [0.25, 0.3) is 0 Å². The lowest BCUT2D eigenvalue weighted by molar-refractivity contribution is 0.101. The highest BCUT2D eigenvalue weighted by Gasteiger charge is 2.14. The summed E-state index contributed by atoms with van der Waals surface area (Å²) in [6, 6.07) is 3.82. The summed E-state index contributed by atoms with van der Waals surface area (Å²) in [6.07, 6.45) is 3.55. The van der Waals surface area contributed by atoms with Gasteiger partial charge in [-0.3, -0.25) is 0 Å². The molecule has 0 aliphatic carbocycles. The minimum absolute atomic E-state index is 0.272. The molecule has 4 heteroatoms. The number of aliphatic hydroxyl groups excluding tert-OH is 1. The van der Waals surface area contributed by atoms with Gasteiger partial charge in [-0.2, -0.15) is 0 Å². The zero-order chi connectivity index (χ0) is 13.4. The van der Waals surface area contributed by atoms with Crippen molar-refractivity contribution in [2.45, 2.75) is 39.3 Å². The standard InChI is InChI=1S/C14H24N2O2/c1-4-12(5-2)13(17)10-15-8-11-6-7-14(18-3)16-9-11/h6-7,9,12-13,15,17H,4-5,8,10H2,1-3H3. The molecular formula is C14H24N2O2. The average Bonchev–Trinajstić information content (AvgIpc) is 2.41. The maximum absolute atomic E-state index is 9.97. The Balaban J connectivity index is 2.32. The van der Waals surface area contributed by atoms with Gasteiger partial charge in [0.1, 0.15) is 0 Å². The first-order chi connectivity index (χ1) is 8.71. The number of nitrogens with zero attached hydrogens (tertiary/aromatic N) is 1.